The van der Waals surface area contributed by atoms with E-state index in [-0.39, 0.29) is 17.5 Å². The summed E-state index contributed by atoms with van der Waals surface area (Å²) in [4.78, 5) is 0. The Morgan fingerprint density at radius 2 is 1.71 bits per heavy atom. The highest BCUT2D eigenvalue weighted by Gasteiger charge is 2.13. The van der Waals surface area contributed by atoms with Crippen LogP contribution in [0.2, 0.25) is 0 Å². The zero-order valence-corrected chi connectivity index (χ0v) is 13.2. The second-order valence-electron chi connectivity index (χ2n) is 5.89. The number of nitrogens with one attached hydrogen (secondary N) is 1. The van der Waals surface area contributed by atoms with Crippen molar-refractivity contribution in [3.8, 4) is 0 Å². The van der Waals surface area contributed by atoms with Crippen LogP contribution >= 0.6 is 11.3 Å². The smallest absolute Gasteiger partial charge is 0.129 e. The average molecular weight is 311 g/mol. The molecule has 0 saturated heterocycles. The van der Waals surface area contributed by atoms with Crippen molar-refractivity contribution in [3.63, 3.8) is 0 Å². The van der Waals surface area contributed by atoms with Gasteiger partial charge in [0, 0.05) is 30.5 Å². The van der Waals surface area contributed by atoms with E-state index in [4.69, 9.17) is 0 Å². The monoisotopic (exact) mass is 311 g/mol. The first-order chi connectivity index (χ1) is 9.85. The molecule has 0 aliphatic heterocycles. The van der Waals surface area contributed by atoms with Gasteiger partial charge in [0.05, 0.1) is 0 Å². The van der Waals surface area contributed by atoms with Crippen molar-refractivity contribution in [2.24, 2.45) is 0 Å². The van der Waals surface area contributed by atoms with Crippen LogP contribution in [0.3, 0.4) is 0 Å². The first-order valence-electron chi connectivity index (χ1n) is 6.84. The fourth-order valence-corrected chi connectivity index (χ4v) is 2.71. The van der Waals surface area contributed by atoms with Gasteiger partial charge in [-0.1, -0.05) is 6.07 Å². The molecule has 0 saturated carbocycles. The number of hydrogen-bond donors (Lipinski definition) is 1. The van der Waals surface area contributed by atoms with Gasteiger partial charge >= 0.3 is 0 Å². The van der Waals surface area contributed by atoms with E-state index in [1.165, 1.54) is 29.5 Å². The van der Waals surface area contributed by atoms with E-state index in [0.29, 0.717) is 5.01 Å². The second-order valence-corrected chi connectivity index (χ2v) is 7.04. The number of benzene rings is 1. The van der Waals surface area contributed by atoms with Crippen LogP contribution in [-0.2, 0) is 12.8 Å². The molecule has 0 atom stereocenters. The van der Waals surface area contributed by atoms with Gasteiger partial charge in [-0.15, -0.1) is 21.5 Å². The zero-order chi connectivity index (χ0) is 15.5. The molecule has 0 fully saturated rings. The van der Waals surface area contributed by atoms with Gasteiger partial charge in [0.25, 0.3) is 0 Å². The summed E-state index contributed by atoms with van der Waals surface area (Å²) in [6, 6.07) is 3.87. The molecule has 21 heavy (non-hydrogen) atoms. The molecule has 2 aromatic rings. The lowest BCUT2D eigenvalue weighted by atomic mass is 10.1. The molecule has 0 amide bonds. The summed E-state index contributed by atoms with van der Waals surface area (Å²) < 4.78 is 27.2. The molecule has 1 aromatic heterocycles. The highest BCUT2D eigenvalue weighted by Crippen LogP contribution is 2.19. The van der Waals surface area contributed by atoms with Gasteiger partial charge < -0.3 is 5.32 Å². The van der Waals surface area contributed by atoms with Gasteiger partial charge in [0.2, 0.25) is 0 Å². The van der Waals surface area contributed by atoms with E-state index in [0.717, 1.165) is 18.0 Å². The third kappa shape index (κ3) is 4.82. The van der Waals surface area contributed by atoms with Crippen LogP contribution < -0.4 is 5.32 Å². The highest BCUT2D eigenvalue weighted by molar-refractivity contribution is 7.11. The van der Waals surface area contributed by atoms with Crippen LogP contribution in [0, 0.1) is 11.6 Å². The van der Waals surface area contributed by atoms with Crippen molar-refractivity contribution in [2.45, 2.75) is 39.2 Å². The molecule has 1 aromatic carbocycles. The largest absolute Gasteiger partial charge is 0.312 e. The van der Waals surface area contributed by atoms with Gasteiger partial charge in [-0.3, -0.25) is 0 Å². The average Bonchev–Trinajstić information content (AvgIpc) is 2.80. The highest BCUT2D eigenvalue weighted by atomic mass is 32.1. The van der Waals surface area contributed by atoms with E-state index in [1.54, 1.807) is 0 Å². The summed E-state index contributed by atoms with van der Waals surface area (Å²) in [7, 11) is 0. The summed E-state index contributed by atoms with van der Waals surface area (Å²) in [6.45, 7) is 7.09. The molecule has 0 aliphatic carbocycles. The lowest BCUT2D eigenvalue weighted by Gasteiger charge is -2.19. The summed E-state index contributed by atoms with van der Waals surface area (Å²) in [6.07, 6.45) is 0.900. The number of halogens is 2. The molecule has 0 unspecified atom stereocenters. The number of nitrogens with zero attached hydrogens (tertiary/aromatic N) is 2. The van der Waals surface area contributed by atoms with Crippen molar-refractivity contribution >= 4 is 11.3 Å². The third-order valence-corrected chi connectivity index (χ3v) is 3.88. The molecular weight excluding hydrogens is 292 g/mol. The Balaban J connectivity index is 1.97. The Hall–Kier alpha value is -1.40. The molecule has 114 valence electrons. The molecule has 6 heteroatoms. The summed E-state index contributed by atoms with van der Waals surface area (Å²) in [5, 5.41) is 13.0. The maximum Gasteiger partial charge on any atom is 0.129 e. The first-order valence-corrected chi connectivity index (χ1v) is 7.66. The SMILES string of the molecule is CC(C)(C)NCCc1nnc(Cc2c(F)cccc2F)s1. The minimum atomic E-state index is -0.541. The maximum absolute atomic E-state index is 13.6. The number of rotatable bonds is 5. The molecule has 0 radical (unpaired) electrons. The molecule has 0 spiro atoms. The minimum Gasteiger partial charge on any atom is -0.312 e. The van der Waals surface area contributed by atoms with Crippen LogP contribution in [0.1, 0.15) is 36.3 Å². The van der Waals surface area contributed by atoms with Gasteiger partial charge in [-0.05, 0) is 32.9 Å². The van der Waals surface area contributed by atoms with Crippen molar-refractivity contribution in [2.75, 3.05) is 6.54 Å². The molecular formula is C15H19F2N3S. The molecule has 2 rings (SSSR count). The Bertz CT molecular complexity index is 585. The molecule has 0 bridgehead atoms. The van der Waals surface area contributed by atoms with Gasteiger partial charge in [0.1, 0.15) is 21.6 Å². The van der Waals surface area contributed by atoms with Crippen molar-refractivity contribution in [3.05, 3.63) is 45.4 Å². The Kier molecular flexibility index (Phi) is 5.00. The summed E-state index contributed by atoms with van der Waals surface area (Å²) in [5.74, 6) is -1.08. The standard InChI is InChI=1S/C15H19F2N3S/c1-15(2,3)18-8-7-13-19-20-14(21-13)9-10-11(16)5-4-6-12(10)17/h4-6,18H,7-9H2,1-3H3. The van der Waals surface area contributed by atoms with Crippen LogP contribution in [-0.4, -0.2) is 22.3 Å². The lowest BCUT2D eigenvalue weighted by Crippen LogP contribution is -2.37. The van der Waals surface area contributed by atoms with Crippen LogP contribution in [0.25, 0.3) is 0 Å². The molecule has 3 nitrogen and oxygen atoms in total. The fourth-order valence-electron chi connectivity index (χ4n) is 1.86. The zero-order valence-electron chi connectivity index (χ0n) is 12.4. The summed E-state index contributed by atoms with van der Waals surface area (Å²) in [5.41, 5.74) is 0.108. The van der Waals surface area contributed by atoms with E-state index in [9.17, 15) is 8.78 Å². The third-order valence-electron chi connectivity index (χ3n) is 2.89. The van der Waals surface area contributed by atoms with E-state index < -0.39 is 11.6 Å². The fraction of sp³-hybridized carbons (Fsp3) is 0.467. The van der Waals surface area contributed by atoms with Gasteiger partial charge in [-0.2, -0.15) is 0 Å². The second kappa shape index (κ2) is 6.58. The quantitative estimate of drug-likeness (QED) is 0.920. The van der Waals surface area contributed by atoms with Gasteiger partial charge in [0.15, 0.2) is 0 Å². The van der Waals surface area contributed by atoms with Gasteiger partial charge in [-0.25, -0.2) is 8.78 Å². The molecule has 1 N–H and O–H groups in total. The maximum atomic E-state index is 13.6. The van der Waals surface area contributed by atoms with Crippen molar-refractivity contribution in [1.29, 1.82) is 0 Å². The summed E-state index contributed by atoms with van der Waals surface area (Å²) >= 11 is 1.40. The van der Waals surface area contributed by atoms with Crippen LogP contribution in [0.15, 0.2) is 18.2 Å². The lowest BCUT2D eigenvalue weighted by molar-refractivity contribution is 0.429. The predicted molar refractivity (Wildman–Crippen MR) is 80.5 cm³/mol. The Labute approximate surface area is 127 Å². The predicted octanol–water partition coefficient (Wildman–Crippen LogP) is 3.34. The van der Waals surface area contributed by atoms with E-state index >= 15 is 0 Å². The van der Waals surface area contributed by atoms with Crippen molar-refractivity contribution in [1.82, 2.24) is 15.5 Å². The topological polar surface area (TPSA) is 37.8 Å². The minimum absolute atomic E-state index is 0.0491. The normalized spacial score (nSPS) is 11.9. The number of aromatic nitrogens is 2. The van der Waals surface area contributed by atoms with Crippen molar-refractivity contribution < 1.29 is 8.78 Å². The first kappa shape index (κ1) is 16.0. The Morgan fingerprint density at radius 3 is 2.33 bits per heavy atom. The molecule has 1 heterocycles. The Morgan fingerprint density at radius 1 is 1.10 bits per heavy atom. The van der Waals surface area contributed by atoms with E-state index in [2.05, 4.69) is 36.3 Å². The van der Waals surface area contributed by atoms with Crippen LogP contribution in [0.5, 0.6) is 0 Å². The number of hydrogen-bond acceptors (Lipinski definition) is 4. The van der Waals surface area contributed by atoms with E-state index in [1.807, 2.05) is 0 Å². The van der Waals surface area contributed by atoms with Crippen LogP contribution in [0.4, 0.5) is 8.78 Å². The molecule has 0 aliphatic rings.